The van der Waals surface area contributed by atoms with Crippen molar-refractivity contribution >= 4 is 13.8 Å². The Morgan fingerprint density at radius 2 is 0.945 bits per heavy atom. The van der Waals surface area contributed by atoms with Crippen molar-refractivity contribution in [2.45, 2.75) is 154 Å². The third-order valence-corrected chi connectivity index (χ3v) is 9.65. The molecule has 0 heterocycles. The Balaban J connectivity index is 3.49. The van der Waals surface area contributed by atoms with E-state index in [9.17, 15) is 19.4 Å². The molecule has 0 rings (SSSR count). The fourth-order valence-corrected chi connectivity index (χ4v) is 6.09. The summed E-state index contributed by atoms with van der Waals surface area (Å²) < 4.78 is 27.2. The molecule has 8 nitrogen and oxygen atoms in total. The van der Waals surface area contributed by atoms with Crippen molar-refractivity contribution in [2.75, 3.05) is 47.5 Å². The number of hydrogen-bond donors (Lipinski definition) is 2. The van der Waals surface area contributed by atoms with Crippen molar-refractivity contribution in [2.24, 2.45) is 0 Å². The Morgan fingerprint density at radius 1 is 0.564 bits per heavy atom. The third-order valence-electron chi connectivity index (χ3n) is 8.67. The van der Waals surface area contributed by atoms with E-state index in [4.69, 9.17) is 13.8 Å². The molecule has 9 heteroatoms. The molecule has 0 aromatic rings. The molecule has 0 radical (unpaired) electrons. The second-order valence-corrected chi connectivity index (χ2v) is 16.7. The third kappa shape index (κ3) is 44.3. The Kier molecular flexibility index (Phi) is 36.9. The Bertz CT molecular complexity index is 1150. The summed E-state index contributed by atoms with van der Waals surface area (Å²) in [5.74, 6) is -0.376. The van der Waals surface area contributed by atoms with Gasteiger partial charge in [0.2, 0.25) is 0 Å². The topological polar surface area (TPSA) is 102 Å². The van der Waals surface area contributed by atoms with E-state index in [1.807, 2.05) is 21.1 Å². The van der Waals surface area contributed by atoms with Gasteiger partial charge in [0.1, 0.15) is 25.9 Å². The van der Waals surface area contributed by atoms with Crippen LogP contribution in [0.5, 0.6) is 0 Å². The van der Waals surface area contributed by atoms with Crippen LogP contribution >= 0.6 is 7.82 Å². The zero-order valence-corrected chi connectivity index (χ0v) is 36.3. The van der Waals surface area contributed by atoms with Crippen molar-refractivity contribution < 1.29 is 37.6 Å². The van der Waals surface area contributed by atoms with Crippen molar-refractivity contribution in [1.82, 2.24) is 0 Å². The summed E-state index contributed by atoms with van der Waals surface area (Å²) >= 11 is 0. The highest BCUT2D eigenvalue weighted by Crippen LogP contribution is 2.43. The molecule has 0 saturated heterocycles. The number of unbranched alkanes of at least 4 members (excludes halogenated alkanes) is 13. The lowest BCUT2D eigenvalue weighted by molar-refractivity contribution is -0.870. The lowest BCUT2D eigenvalue weighted by Gasteiger charge is -2.24. The highest BCUT2D eigenvalue weighted by molar-refractivity contribution is 7.47. The second kappa shape index (κ2) is 38.5. The number of esters is 1. The Hall–Kier alpha value is -2.32. The average molecular weight is 791 g/mol. The number of hydrogen-bond acceptors (Lipinski definition) is 6. The molecule has 0 bridgehead atoms. The summed E-state index contributed by atoms with van der Waals surface area (Å²) in [7, 11) is 1.55. The van der Waals surface area contributed by atoms with E-state index in [0.29, 0.717) is 17.4 Å². The van der Waals surface area contributed by atoms with Gasteiger partial charge in [-0.15, -0.1) is 0 Å². The van der Waals surface area contributed by atoms with Crippen molar-refractivity contribution in [3.63, 3.8) is 0 Å². The number of phosphoric acid groups is 1. The molecule has 0 aliphatic carbocycles. The minimum atomic E-state index is -4.26. The predicted octanol–water partition coefficient (Wildman–Crippen LogP) is 12.2. The number of phosphoric ester groups is 1. The van der Waals surface area contributed by atoms with Gasteiger partial charge in [0.25, 0.3) is 0 Å². The summed E-state index contributed by atoms with van der Waals surface area (Å²) in [6, 6.07) is 0. The van der Waals surface area contributed by atoms with Gasteiger partial charge in [0.05, 0.1) is 27.7 Å². The van der Waals surface area contributed by atoms with Crippen LogP contribution in [0.2, 0.25) is 0 Å². The van der Waals surface area contributed by atoms with Gasteiger partial charge in [-0.2, -0.15) is 0 Å². The number of ether oxygens (including phenoxy) is 1. The fraction of sp³-hybridized carbons (Fsp3) is 0.674. The van der Waals surface area contributed by atoms with Gasteiger partial charge >= 0.3 is 13.8 Å². The highest BCUT2D eigenvalue weighted by atomic mass is 31.2. The van der Waals surface area contributed by atoms with Crippen LogP contribution in [-0.2, 0) is 23.1 Å². The first kappa shape index (κ1) is 52.7. The van der Waals surface area contributed by atoms with E-state index in [-0.39, 0.29) is 19.2 Å². The molecule has 2 unspecified atom stereocenters. The molecule has 0 aliphatic rings. The number of carbonyl (C=O) groups excluding carboxylic acids is 1. The van der Waals surface area contributed by atoms with Crippen LogP contribution in [0.15, 0.2) is 85.1 Å². The SMILES string of the molecule is CC/C=C\C/C=C\C/C=C\C/C=C\C/C=C\C/C=C\C/C=C\CCCCCCCCCCCCCCCC(=O)OCC(O)COP(=O)(O)OCC[N+](C)(C)C. The average Bonchev–Trinajstić information content (AvgIpc) is 3.14. The van der Waals surface area contributed by atoms with Crippen molar-refractivity contribution in [3.05, 3.63) is 85.1 Å². The molecule has 2 atom stereocenters. The van der Waals surface area contributed by atoms with E-state index < -0.39 is 20.5 Å². The summed E-state index contributed by atoms with van der Waals surface area (Å²) in [4.78, 5) is 21.6. The van der Waals surface area contributed by atoms with Gasteiger partial charge in [0.15, 0.2) is 0 Å². The number of quaternary nitrogens is 1. The zero-order valence-electron chi connectivity index (χ0n) is 35.4. The molecule has 0 spiro atoms. The van der Waals surface area contributed by atoms with Gasteiger partial charge in [-0.25, -0.2) is 4.57 Å². The first-order valence-electron chi connectivity index (χ1n) is 21.4. The van der Waals surface area contributed by atoms with Gasteiger partial charge in [0, 0.05) is 6.42 Å². The predicted molar refractivity (Wildman–Crippen MR) is 233 cm³/mol. The first-order chi connectivity index (χ1) is 26.6. The quantitative estimate of drug-likeness (QED) is 0.0211. The molecule has 55 heavy (non-hydrogen) atoms. The molecular weight excluding hydrogens is 709 g/mol. The summed E-state index contributed by atoms with van der Waals surface area (Å²) in [6.45, 7) is 2.02. The van der Waals surface area contributed by atoms with Crippen molar-refractivity contribution in [3.8, 4) is 0 Å². The molecule has 0 aliphatic heterocycles. The number of nitrogens with zero attached hydrogens (tertiary/aromatic N) is 1. The van der Waals surface area contributed by atoms with E-state index in [1.54, 1.807) is 0 Å². The van der Waals surface area contributed by atoms with Gasteiger partial charge in [-0.3, -0.25) is 13.8 Å². The number of aliphatic hydroxyl groups excluding tert-OH is 1. The standard InChI is InChI=1S/C46H80NO7P/c1-5-6-7-8-9-10-11-12-13-14-15-16-17-18-19-20-21-22-23-24-25-26-27-28-29-30-31-32-33-34-35-36-37-38-39-40-46(49)52-43-45(48)44-54-55(50,51)53-42-41-47(2,3)4/h6-7,9-10,12-13,15-16,18-19,21-22,24-25,45,48H,5,8,11,14,17,20,23,26-44H2,1-4H3/p+1/b7-6-,10-9-,13-12-,16-15-,19-18-,22-21-,25-24-. The Labute approximate surface area is 337 Å². The van der Waals surface area contributed by atoms with Crippen LogP contribution in [0.4, 0.5) is 0 Å². The van der Waals surface area contributed by atoms with Crippen LogP contribution < -0.4 is 0 Å². The molecule has 0 aromatic heterocycles. The smallest absolute Gasteiger partial charge is 0.463 e. The normalized spacial score (nSPS) is 14.7. The minimum Gasteiger partial charge on any atom is -0.463 e. The fourth-order valence-electron chi connectivity index (χ4n) is 5.34. The molecule has 316 valence electrons. The number of likely N-dealkylation sites (N-methyl/N-ethyl adjacent to an activating group) is 1. The monoisotopic (exact) mass is 791 g/mol. The summed E-state index contributed by atoms with van der Waals surface area (Å²) in [6.07, 6.45) is 54.8. The highest BCUT2D eigenvalue weighted by Gasteiger charge is 2.24. The zero-order chi connectivity index (χ0) is 40.6. The number of aliphatic hydroxyl groups is 1. The van der Waals surface area contributed by atoms with Crippen molar-refractivity contribution in [1.29, 1.82) is 0 Å². The van der Waals surface area contributed by atoms with Crippen LogP contribution in [0.1, 0.15) is 148 Å². The van der Waals surface area contributed by atoms with Crippen LogP contribution in [0.25, 0.3) is 0 Å². The van der Waals surface area contributed by atoms with Crippen LogP contribution in [0, 0.1) is 0 Å². The molecule has 0 aromatic carbocycles. The minimum absolute atomic E-state index is 0.0512. The second-order valence-electron chi connectivity index (χ2n) is 15.2. The maximum atomic E-state index is 11.9. The van der Waals surface area contributed by atoms with E-state index in [1.165, 1.54) is 70.6 Å². The maximum Gasteiger partial charge on any atom is 0.472 e. The summed E-state index contributed by atoms with van der Waals surface area (Å²) in [5.41, 5.74) is 0. The number of rotatable bonds is 38. The van der Waals surface area contributed by atoms with Gasteiger partial charge in [-0.1, -0.05) is 163 Å². The van der Waals surface area contributed by atoms with Crippen LogP contribution in [-0.4, -0.2) is 74.1 Å². The van der Waals surface area contributed by atoms with E-state index >= 15 is 0 Å². The lowest BCUT2D eigenvalue weighted by Crippen LogP contribution is -2.37. The number of allylic oxidation sites excluding steroid dienone is 14. The van der Waals surface area contributed by atoms with E-state index in [0.717, 1.165) is 64.2 Å². The Morgan fingerprint density at radius 3 is 1.36 bits per heavy atom. The molecular formula is C46H81NO7P+. The summed E-state index contributed by atoms with van der Waals surface area (Å²) in [5, 5.41) is 9.91. The molecule has 0 fully saturated rings. The maximum absolute atomic E-state index is 11.9. The largest absolute Gasteiger partial charge is 0.472 e. The lowest BCUT2D eigenvalue weighted by atomic mass is 10.0. The van der Waals surface area contributed by atoms with Gasteiger partial charge in [-0.05, 0) is 64.2 Å². The molecule has 0 amide bonds. The molecule has 2 N–H and O–H groups in total. The molecule has 0 saturated carbocycles. The van der Waals surface area contributed by atoms with Gasteiger partial charge < -0.3 is 19.2 Å². The van der Waals surface area contributed by atoms with Crippen LogP contribution in [0.3, 0.4) is 0 Å². The number of carbonyl (C=O) groups is 1. The first-order valence-corrected chi connectivity index (χ1v) is 22.9. The van der Waals surface area contributed by atoms with E-state index in [2.05, 4.69) is 92.0 Å².